The van der Waals surface area contributed by atoms with Gasteiger partial charge in [-0.15, -0.1) is 0 Å². The Balaban J connectivity index is 1.84. The maximum atomic E-state index is 6.23. The molecule has 5 aromatic rings. The van der Waals surface area contributed by atoms with Crippen LogP contribution in [-0.2, 0) is 6.54 Å². The Morgan fingerprint density at radius 2 is 1.66 bits per heavy atom. The second kappa shape index (κ2) is 9.52. The zero-order valence-corrected chi connectivity index (χ0v) is 21.2. The number of nitrogens with one attached hydrogen (secondary N) is 1. The van der Waals surface area contributed by atoms with Gasteiger partial charge in [0.05, 0.1) is 26.5 Å². The number of aromatic amines is 1. The smallest absolute Gasteiger partial charge is 0.427 e. The van der Waals surface area contributed by atoms with Crippen molar-refractivity contribution in [3.63, 3.8) is 0 Å². The predicted molar refractivity (Wildman–Crippen MR) is 140 cm³/mol. The van der Waals surface area contributed by atoms with Crippen molar-refractivity contribution >= 4 is 34.6 Å². The number of hydrogen-bond acceptors (Lipinski definition) is 4. The fourth-order valence-corrected chi connectivity index (χ4v) is 4.66. The van der Waals surface area contributed by atoms with Crippen LogP contribution in [0.5, 0.6) is 11.5 Å². The highest BCUT2D eigenvalue weighted by Crippen LogP contribution is 2.36. The minimum absolute atomic E-state index is 0.546. The first-order valence-electron chi connectivity index (χ1n) is 11.1. The van der Waals surface area contributed by atoms with Crippen LogP contribution in [0, 0.1) is 11.7 Å². The second-order valence-electron chi connectivity index (χ2n) is 8.17. The normalized spacial score (nSPS) is 11.1. The number of pyridine rings is 1. The summed E-state index contributed by atoms with van der Waals surface area (Å²) < 4.78 is 15.9. The molecule has 0 saturated heterocycles. The lowest BCUT2D eigenvalue weighted by Gasteiger charge is -2.16. The number of nitrogens with zero attached hydrogens (tertiary/aromatic N) is 3. The first-order valence-corrected chi connectivity index (χ1v) is 11.9. The molecule has 2 aromatic heterocycles. The highest BCUT2D eigenvalue weighted by Gasteiger charge is 2.26. The summed E-state index contributed by atoms with van der Waals surface area (Å²) in [7, 11) is 3.28. The van der Waals surface area contributed by atoms with Crippen molar-refractivity contribution in [3.05, 3.63) is 93.8 Å². The van der Waals surface area contributed by atoms with Crippen LogP contribution in [0.25, 0.3) is 28.0 Å². The third-order valence-electron chi connectivity index (χ3n) is 5.99. The number of halogens is 1. The zero-order chi connectivity index (χ0) is 24.5. The van der Waals surface area contributed by atoms with Gasteiger partial charge in [0, 0.05) is 21.1 Å². The highest BCUT2D eigenvalue weighted by molar-refractivity contribution is 7.71. The molecule has 35 heavy (non-hydrogen) atoms. The molecule has 0 aliphatic carbocycles. The number of benzene rings is 3. The lowest BCUT2D eigenvalue weighted by molar-refractivity contribution is -0.599. The van der Waals surface area contributed by atoms with Crippen LogP contribution < -0.4 is 14.0 Å². The Labute approximate surface area is 213 Å². The topological polar surface area (TPSA) is 56.0 Å². The summed E-state index contributed by atoms with van der Waals surface area (Å²) >= 11 is 11.9. The van der Waals surface area contributed by atoms with Gasteiger partial charge in [0.25, 0.3) is 4.77 Å². The number of ether oxygens (including phenoxy) is 2. The van der Waals surface area contributed by atoms with Gasteiger partial charge in [0.15, 0.2) is 11.5 Å². The van der Waals surface area contributed by atoms with Crippen molar-refractivity contribution in [3.8, 4) is 28.7 Å². The Kier molecular flexibility index (Phi) is 6.28. The molecule has 3 aromatic carbocycles. The fraction of sp³-hybridized carbons (Fsp3) is 0.148. The fourth-order valence-electron chi connectivity index (χ4n) is 4.34. The van der Waals surface area contributed by atoms with E-state index in [1.807, 2.05) is 59.2 Å². The Morgan fingerprint density at radius 1 is 0.971 bits per heavy atom. The second-order valence-corrected chi connectivity index (χ2v) is 8.99. The monoisotopic (exact) mass is 503 g/mol. The van der Waals surface area contributed by atoms with Gasteiger partial charge in [0.1, 0.15) is 5.69 Å². The lowest BCUT2D eigenvalue weighted by Crippen LogP contribution is -2.40. The molecule has 0 amide bonds. The Bertz CT molecular complexity index is 1580. The molecule has 8 heteroatoms. The average Bonchev–Trinajstić information content (AvgIpc) is 3.23. The van der Waals surface area contributed by atoms with E-state index in [-0.39, 0.29) is 0 Å². The van der Waals surface area contributed by atoms with Gasteiger partial charge >= 0.3 is 5.95 Å². The first-order chi connectivity index (χ1) is 17.0. The molecule has 0 aliphatic heterocycles. The minimum atomic E-state index is 0.546. The number of aromatic nitrogens is 4. The lowest BCUT2D eigenvalue weighted by atomic mass is 10.0. The van der Waals surface area contributed by atoms with E-state index in [2.05, 4.69) is 39.9 Å². The molecule has 1 N–H and O–H groups in total. The van der Waals surface area contributed by atoms with E-state index >= 15 is 0 Å². The van der Waals surface area contributed by atoms with Crippen LogP contribution in [0.1, 0.15) is 11.3 Å². The van der Waals surface area contributed by atoms with Gasteiger partial charge in [-0.2, -0.15) is 14.2 Å². The van der Waals surface area contributed by atoms with E-state index in [0.717, 1.165) is 33.3 Å². The molecule has 0 spiro atoms. The van der Waals surface area contributed by atoms with Crippen molar-refractivity contribution in [1.82, 2.24) is 14.8 Å². The zero-order valence-electron chi connectivity index (χ0n) is 19.6. The number of H-pyrrole nitrogens is 1. The highest BCUT2D eigenvalue weighted by atomic mass is 35.5. The molecule has 5 rings (SSSR count). The summed E-state index contributed by atoms with van der Waals surface area (Å²) in [5.41, 5.74) is 4.04. The summed E-state index contributed by atoms with van der Waals surface area (Å²) in [6.45, 7) is 2.64. The van der Waals surface area contributed by atoms with Crippen LogP contribution >= 0.6 is 23.8 Å². The molecule has 2 heterocycles. The molecular formula is C27H24ClN4O2S+. The van der Waals surface area contributed by atoms with Crippen LogP contribution in [0.15, 0.2) is 72.8 Å². The van der Waals surface area contributed by atoms with Crippen LogP contribution in [0.3, 0.4) is 0 Å². The third-order valence-corrected chi connectivity index (χ3v) is 6.55. The third kappa shape index (κ3) is 4.29. The molecule has 176 valence electrons. The van der Waals surface area contributed by atoms with Gasteiger partial charge in [-0.05, 0) is 72.6 Å². The van der Waals surface area contributed by atoms with Gasteiger partial charge in [0.2, 0.25) is 0 Å². The number of rotatable bonds is 6. The average molecular weight is 504 g/mol. The van der Waals surface area contributed by atoms with E-state index in [4.69, 9.17) is 33.3 Å². The van der Waals surface area contributed by atoms with Gasteiger partial charge in [-0.1, -0.05) is 41.9 Å². The van der Waals surface area contributed by atoms with E-state index in [0.29, 0.717) is 33.8 Å². The number of aryl methyl sites for hydroxylation is 1. The predicted octanol–water partition coefficient (Wildman–Crippen LogP) is 6.06. The summed E-state index contributed by atoms with van der Waals surface area (Å²) in [5, 5.41) is 10.3. The van der Waals surface area contributed by atoms with Crippen molar-refractivity contribution in [2.24, 2.45) is 0 Å². The molecule has 0 saturated carbocycles. The van der Waals surface area contributed by atoms with Gasteiger partial charge in [-0.3, -0.25) is 0 Å². The Morgan fingerprint density at radius 3 is 2.34 bits per heavy atom. The largest absolute Gasteiger partial charge is 0.493 e. The summed E-state index contributed by atoms with van der Waals surface area (Å²) in [6, 6.07) is 24.1. The van der Waals surface area contributed by atoms with Gasteiger partial charge in [-0.25, -0.2) is 0 Å². The number of methoxy groups -OCH3 is 2. The minimum Gasteiger partial charge on any atom is -0.493 e. The number of fused-ring (bicyclic) bond motifs is 1. The van der Waals surface area contributed by atoms with E-state index < -0.39 is 0 Å². The summed E-state index contributed by atoms with van der Waals surface area (Å²) in [6.07, 6.45) is 0. The maximum Gasteiger partial charge on any atom is 0.427 e. The SMILES string of the molecule is COc1cc2cc(C)[n+](-c3n[nH]c(=S)n3Cc3ccccc3)c(-c3ccc(Cl)cc3)c2cc1OC. The molecule has 0 atom stereocenters. The molecule has 0 unspecified atom stereocenters. The molecular weight excluding hydrogens is 480 g/mol. The van der Waals surface area contributed by atoms with Crippen LogP contribution in [0.2, 0.25) is 5.02 Å². The van der Waals surface area contributed by atoms with Crippen molar-refractivity contribution < 1.29 is 14.0 Å². The van der Waals surface area contributed by atoms with Crippen molar-refractivity contribution in [2.45, 2.75) is 13.5 Å². The standard InChI is InChI=1S/C27H23ClN4O2S/c1-17-13-20-14-23(33-2)24(34-3)15-22(20)25(19-9-11-21(28)12-10-19)32(17)26-29-30-27(35)31(26)16-18-7-5-4-6-8-18/h4-15H,16H2,1-3H3/p+1. The van der Waals surface area contributed by atoms with E-state index in [9.17, 15) is 0 Å². The number of hydrogen-bond donors (Lipinski definition) is 1. The van der Waals surface area contributed by atoms with Crippen molar-refractivity contribution in [1.29, 1.82) is 0 Å². The molecule has 0 fully saturated rings. The summed E-state index contributed by atoms with van der Waals surface area (Å²) in [4.78, 5) is 0. The van der Waals surface area contributed by atoms with Crippen molar-refractivity contribution in [2.75, 3.05) is 14.2 Å². The van der Waals surface area contributed by atoms with Crippen LogP contribution in [0.4, 0.5) is 0 Å². The summed E-state index contributed by atoms with van der Waals surface area (Å²) in [5.74, 6) is 2.01. The molecule has 0 aliphatic rings. The molecule has 0 bridgehead atoms. The molecule has 6 nitrogen and oxygen atoms in total. The molecule has 0 radical (unpaired) electrons. The quantitative estimate of drug-likeness (QED) is 0.226. The van der Waals surface area contributed by atoms with Crippen LogP contribution in [-0.4, -0.2) is 29.0 Å². The Hall–Kier alpha value is -3.68. The first kappa shape index (κ1) is 23.1. The van der Waals surface area contributed by atoms with E-state index in [1.165, 1.54) is 0 Å². The van der Waals surface area contributed by atoms with Gasteiger partial charge < -0.3 is 9.47 Å². The van der Waals surface area contributed by atoms with E-state index in [1.54, 1.807) is 14.2 Å². The maximum absolute atomic E-state index is 6.23.